The number of benzene rings is 1. The van der Waals surface area contributed by atoms with Crippen molar-refractivity contribution in [2.75, 3.05) is 39.5 Å². The lowest BCUT2D eigenvalue weighted by atomic mass is 10.1. The lowest BCUT2D eigenvalue weighted by Crippen LogP contribution is -2.39. The average Bonchev–Trinajstić information content (AvgIpc) is 2.44. The number of hydrogen-bond donors (Lipinski definition) is 0. The number of halogens is 1. The molecule has 0 amide bonds. The minimum Gasteiger partial charge on any atom is -0.493 e. The first-order valence-corrected chi connectivity index (χ1v) is 7.26. The van der Waals surface area contributed by atoms with Gasteiger partial charge in [-0.2, -0.15) is 0 Å². The summed E-state index contributed by atoms with van der Waals surface area (Å²) in [6.45, 7) is 7.65. The van der Waals surface area contributed by atoms with E-state index in [1.807, 2.05) is 19.9 Å². The second-order valence-electron chi connectivity index (χ2n) is 4.84. The zero-order valence-electron chi connectivity index (χ0n) is 11.9. The molecule has 0 unspecified atom stereocenters. The number of ketones is 1. The fourth-order valence-corrected chi connectivity index (χ4v) is 2.36. The largest absolute Gasteiger partial charge is 0.493 e. The molecule has 0 radical (unpaired) electrons. The third-order valence-electron chi connectivity index (χ3n) is 3.33. The quantitative estimate of drug-likeness (QED) is 0.783. The Morgan fingerprint density at radius 1 is 1.40 bits per heavy atom. The molecule has 0 N–H and O–H groups in total. The van der Waals surface area contributed by atoms with Gasteiger partial charge in [0.1, 0.15) is 5.75 Å². The second kappa shape index (κ2) is 7.07. The maximum atomic E-state index is 12.5. The summed E-state index contributed by atoms with van der Waals surface area (Å²) in [7, 11) is 0. The van der Waals surface area contributed by atoms with Crippen molar-refractivity contribution in [2.24, 2.45) is 0 Å². The molecule has 1 aliphatic rings. The van der Waals surface area contributed by atoms with E-state index >= 15 is 0 Å². The van der Waals surface area contributed by atoms with Gasteiger partial charge in [-0.3, -0.25) is 9.69 Å². The van der Waals surface area contributed by atoms with Crippen molar-refractivity contribution in [1.82, 2.24) is 4.90 Å². The number of ether oxygens (including phenoxy) is 2. The number of carbonyl (C=O) groups excluding carboxylic acids is 1. The zero-order chi connectivity index (χ0) is 14.5. The van der Waals surface area contributed by atoms with Crippen LogP contribution < -0.4 is 4.74 Å². The molecule has 5 heteroatoms. The summed E-state index contributed by atoms with van der Waals surface area (Å²) in [5.41, 5.74) is 1.48. The Morgan fingerprint density at radius 3 is 2.75 bits per heavy atom. The highest BCUT2D eigenvalue weighted by Gasteiger charge is 2.19. The maximum absolute atomic E-state index is 12.5. The minimum atomic E-state index is 0.0391. The molecule has 0 atom stereocenters. The van der Waals surface area contributed by atoms with Gasteiger partial charge in [0.15, 0.2) is 5.78 Å². The van der Waals surface area contributed by atoms with Crippen LogP contribution in [0.1, 0.15) is 22.8 Å². The van der Waals surface area contributed by atoms with Crippen molar-refractivity contribution in [3.05, 3.63) is 28.3 Å². The van der Waals surface area contributed by atoms with E-state index in [1.165, 1.54) is 0 Å². The van der Waals surface area contributed by atoms with Crippen LogP contribution in [-0.4, -0.2) is 50.1 Å². The van der Waals surface area contributed by atoms with Gasteiger partial charge in [-0.1, -0.05) is 11.6 Å². The molecule has 0 spiro atoms. The topological polar surface area (TPSA) is 38.8 Å². The van der Waals surface area contributed by atoms with Crippen LogP contribution in [0.3, 0.4) is 0 Å². The van der Waals surface area contributed by atoms with Crippen molar-refractivity contribution in [3.8, 4) is 5.75 Å². The highest BCUT2D eigenvalue weighted by atomic mass is 35.5. The minimum absolute atomic E-state index is 0.0391. The van der Waals surface area contributed by atoms with E-state index in [9.17, 15) is 4.79 Å². The molecular weight excluding hydrogens is 278 g/mol. The van der Waals surface area contributed by atoms with E-state index in [1.54, 1.807) is 6.07 Å². The Balaban J connectivity index is 2.16. The number of carbonyl (C=O) groups is 1. The van der Waals surface area contributed by atoms with E-state index in [2.05, 4.69) is 4.90 Å². The fourth-order valence-electron chi connectivity index (χ4n) is 2.20. The highest BCUT2D eigenvalue weighted by Crippen LogP contribution is 2.27. The summed E-state index contributed by atoms with van der Waals surface area (Å²) in [5, 5.41) is 0.596. The summed E-state index contributed by atoms with van der Waals surface area (Å²) in [4.78, 5) is 14.5. The summed E-state index contributed by atoms with van der Waals surface area (Å²) < 4.78 is 10.8. The number of morpholine rings is 1. The molecule has 110 valence electrons. The molecule has 4 nitrogen and oxygen atoms in total. The smallest absolute Gasteiger partial charge is 0.180 e. The van der Waals surface area contributed by atoms with Gasteiger partial charge in [-0.05, 0) is 31.5 Å². The molecule has 2 rings (SSSR count). The zero-order valence-corrected chi connectivity index (χ0v) is 12.7. The molecule has 0 aromatic heterocycles. The van der Waals surface area contributed by atoms with Gasteiger partial charge in [-0.15, -0.1) is 0 Å². The maximum Gasteiger partial charge on any atom is 0.180 e. The predicted molar refractivity (Wildman–Crippen MR) is 78.9 cm³/mol. The predicted octanol–water partition coefficient (Wildman–Crippen LogP) is 2.56. The first-order chi connectivity index (χ1) is 9.61. The monoisotopic (exact) mass is 297 g/mol. The van der Waals surface area contributed by atoms with Crippen molar-refractivity contribution < 1.29 is 14.3 Å². The lowest BCUT2D eigenvalue weighted by Gasteiger charge is -2.26. The second-order valence-corrected chi connectivity index (χ2v) is 5.25. The molecule has 20 heavy (non-hydrogen) atoms. The molecule has 0 saturated carbocycles. The van der Waals surface area contributed by atoms with Gasteiger partial charge >= 0.3 is 0 Å². The first-order valence-electron chi connectivity index (χ1n) is 6.88. The van der Waals surface area contributed by atoms with Crippen LogP contribution >= 0.6 is 11.6 Å². The van der Waals surface area contributed by atoms with Gasteiger partial charge in [-0.25, -0.2) is 0 Å². The third-order valence-corrected chi connectivity index (χ3v) is 3.74. The van der Waals surface area contributed by atoms with Crippen molar-refractivity contribution in [1.29, 1.82) is 0 Å². The Bertz CT molecular complexity index is 484. The molecular formula is C15H20ClNO3. The molecule has 1 aliphatic heterocycles. The van der Waals surface area contributed by atoms with Gasteiger partial charge in [0, 0.05) is 18.1 Å². The number of hydrogen-bond acceptors (Lipinski definition) is 4. The van der Waals surface area contributed by atoms with Crippen LogP contribution in [0.15, 0.2) is 12.1 Å². The van der Waals surface area contributed by atoms with Gasteiger partial charge < -0.3 is 9.47 Å². The van der Waals surface area contributed by atoms with Crippen molar-refractivity contribution in [3.63, 3.8) is 0 Å². The SMILES string of the molecule is CCOc1cc(C)c(Cl)cc1C(=O)CN1CCOCC1. The van der Waals surface area contributed by atoms with E-state index in [0.717, 1.165) is 18.7 Å². The number of Topliss-reactive ketones (excluding diaryl/α,β-unsaturated/α-hetero) is 1. The van der Waals surface area contributed by atoms with E-state index in [-0.39, 0.29) is 5.78 Å². The molecule has 0 aliphatic carbocycles. The van der Waals surface area contributed by atoms with Gasteiger partial charge in [0.2, 0.25) is 0 Å². The third kappa shape index (κ3) is 3.72. The molecule has 1 aromatic carbocycles. The molecule has 1 fully saturated rings. The summed E-state index contributed by atoms with van der Waals surface area (Å²) in [6, 6.07) is 3.54. The van der Waals surface area contributed by atoms with Crippen LogP contribution in [0, 0.1) is 6.92 Å². The number of aryl methyl sites for hydroxylation is 1. The molecule has 1 saturated heterocycles. The number of nitrogens with zero attached hydrogens (tertiary/aromatic N) is 1. The number of rotatable bonds is 5. The van der Waals surface area contributed by atoms with Gasteiger partial charge in [0.05, 0.1) is 31.9 Å². The lowest BCUT2D eigenvalue weighted by molar-refractivity contribution is 0.0370. The van der Waals surface area contributed by atoms with Gasteiger partial charge in [0.25, 0.3) is 0 Å². The van der Waals surface area contributed by atoms with Crippen molar-refractivity contribution in [2.45, 2.75) is 13.8 Å². The van der Waals surface area contributed by atoms with Crippen molar-refractivity contribution >= 4 is 17.4 Å². The Morgan fingerprint density at radius 2 is 2.10 bits per heavy atom. The fraction of sp³-hybridized carbons (Fsp3) is 0.533. The summed E-state index contributed by atoms with van der Waals surface area (Å²) in [6.07, 6.45) is 0. The Kier molecular flexibility index (Phi) is 5.40. The van der Waals surface area contributed by atoms with Crippen LogP contribution in [0.4, 0.5) is 0 Å². The Labute approximate surface area is 124 Å². The van der Waals surface area contributed by atoms with Crippen LogP contribution in [0.5, 0.6) is 5.75 Å². The molecule has 0 bridgehead atoms. The average molecular weight is 298 g/mol. The standard InChI is InChI=1S/C15H20ClNO3/c1-3-20-15-8-11(2)13(16)9-12(15)14(18)10-17-4-6-19-7-5-17/h8-9H,3-7,10H2,1-2H3. The highest BCUT2D eigenvalue weighted by molar-refractivity contribution is 6.31. The Hall–Kier alpha value is -1.10. The van der Waals surface area contributed by atoms with E-state index in [0.29, 0.717) is 42.7 Å². The van der Waals surface area contributed by atoms with Crippen LogP contribution in [-0.2, 0) is 4.74 Å². The van der Waals surface area contributed by atoms with Crippen LogP contribution in [0.25, 0.3) is 0 Å². The molecule has 1 heterocycles. The molecule has 1 aromatic rings. The van der Waals surface area contributed by atoms with E-state index in [4.69, 9.17) is 21.1 Å². The van der Waals surface area contributed by atoms with E-state index < -0.39 is 0 Å². The summed E-state index contributed by atoms with van der Waals surface area (Å²) in [5.74, 6) is 0.657. The van der Waals surface area contributed by atoms with Crippen LogP contribution in [0.2, 0.25) is 5.02 Å². The summed E-state index contributed by atoms with van der Waals surface area (Å²) >= 11 is 6.13. The first kappa shape index (κ1) is 15.3. The normalized spacial score (nSPS) is 16.1.